The van der Waals surface area contributed by atoms with E-state index < -0.39 is 12.5 Å². The van der Waals surface area contributed by atoms with Gasteiger partial charge in [0, 0.05) is 12.5 Å². The molecule has 1 heterocycles. The van der Waals surface area contributed by atoms with Gasteiger partial charge in [0.2, 0.25) is 0 Å². The van der Waals surface area contributed by atoms with Gasteiger partial charge >= 0.3 is 0 Å². The molecule has 0 saturated carbocycles. The summed E-state index contributed by atoms with van der Waals surface area (Å²) in [7, 11) is 0. The zero-order chi connectivity index (χ0) is 12.6. The van der Waals surface area contributed by atoms with Crippen LogP contribution in [0, 0.1) is 10.8 Å². The normalized spacial score (nSPS) is 24.6. The van der Waals surface area contributed by atoms with E-state index in [1.165, 1.54) is 4.90 Å². The number of alkyl halides is 2. The fourth-order valence-corrected chi connectivity index (χ4v) is 1.65. The van der Waals surface area contributed by atoms with Crippen molar-refractivity contribution in [2.45, 2.75) is 46.1 Å². The first-order chi connectivity index (χ1) is 7.11. The Morgan fingerprint density at radius 2 is 2.06 bits per heavy atom. The van der Waals surface area contributed by atoms with E-state index in [2.05, 4.69) is 0 Å². The number of ether oxygens (including phenoxy) is 1. The third-order valence-corrected chi connectivity index (χ3v) is 2.43. The number of likely N-dealkylation sites (tertiary alicyclic amines) is 1. The molecule has 1 unspecified atom stereocenters. The number of nitrogens with one attached hydrogen (secondary N) is 1. The zero-order valence-corrected chi connectivity index (χ0v) is 10.3. The van der Waals surface area contributed by atoms with Crippen molar-refractivity contribution in [1.29, 1.82) is 5.41 Å². The lowest BCUT2D eigenvalue weighted by molar-refractivity contribution is 0.0145. The molecule has 3 nitrogen and oxygen atoms in total. The average Bonchev–Trinajstić information content (AvgIpc) is 2.34. The van der Waals surface area contributed by atoms with E-state index in [-0.39, 0.29) is 23.9 Å². The van der Waals surface area contributed by atoms with Crippen LogP contribution in [-0.2, 0) is 4.74 Å². The molecule has 0 aromatic rings. The van der Waals surface area contributed by atoms with Crippen LogP contribution in [-0.4, -0.2) is 36.0 Å². The van der Waals surface area contributed by atoms with Crippen molar-refractivity contribution in [1.82, 2.24) is 4.90 Å². The van der Waals surface area contributed by atoms with Gasteiger partial charge in [-0.15, -0.1) is 0 Å². The maximum Gasteiger partial charge on any atom is 0.284 e. The van der Waals surface area contributed by atoms with Crippen molar-refractivity contribution in [2.75, 3.05) is 13.2 Å². The van der Waals surface area contributed by atoms with Gasteiger partial charge in [0.1, 0.15) is 0 Å². The highest BCUT2D eigenvalue weighted by Gasteiger charge is 2.44. The molecule has 1 aliphatic rings. The van der Waals surface area contributed by atoms with Gasteiger partial charge in [-0.1, -0.05) is 20.8 Å². The molecule has 1 N–H and O–H groups in total. The predicted octanol–water partition coefficient (Wildman–Crippen LogP) is 2.71. The summed E-state index contributed by atoms with van der Waals surface area (Å²) < 4.78 is 31.4. The molecule has 16 heavy (non-hydrogen) atoms. The van der Waals surface area contributed by atoms with Crippen molar-refractivity contribution in [3.63, 3.8) is 0 Å². The zero-order valence-electron chi connectivity index (χ0n) is 10.3. The minimum atomic E-state index is -2.70. The maximum atomic E-state index is 13.1. The fourth-order valence-electron chi connectivity index (χ4n) is 1.65. The number of rotatable bonds is 1. The lowest BCUT2D eigenvalue weighted by atomic mass is 9.99. The Bertz CT molecular complexity index is 274. The molecular formula is C11H20F2N2O. The smallest absolute Gasteiger partial charge is 0.284 e. The van der Waals surface area contributed by atoms with E-state index in [1.54, 1.807) is 6.92 Å². The number of amidine groups is 1. The lowest BCUT2D eigenvalue weighted by Gasteiger charge is -2.26. The molecule has 0 amide bonds. The summed E-state index contributed by atoms with van der Waals surface area (Å²) in [6.45, 7) is 7.57. The van der Waals surface area contributed by atoms with Crippen LogP contribution < -0.4 is 0 Å². The first-order valence-corrected chi connectivity index (χ1v) is 5.47. The third-order valence-electron chi connectivity index (χ3n) is 2.43. The van der Waals surface area contributed by atoms with E-state index in [1.807, 2.05) is 20.8 Å². The van der Waals surface area contributed by atoms with E-state index in [9.17, 15) is 8.78 Å². The Morgan fingerprint density at radius 1 is 1.50 bits per heavy atom. The monoisotopic (exact) mass is 234 g/mol. The van der Waals surface area contributed by atoms with Crippen LogP contribution in [0.3, 0.4) is 0 Å². The molecule has 0 aromatic heterocycles. The molecule has 0 aliphatic carbocycles. The van der Waals surface area contributed by atoms with Gasteiger partial charge in [-0.3, -0.25) is 5.41 Å². The van der Waals surface area contributed by atoms with Gasteiger partial charge in [-0.2, -0.15) is 0 Å². The van der Waals surface area contributed by atoms with Gasteiger partial charge < -0.3 is 9.64 Å². The summed E-state index contributed by atoms with van der Waals surface area (Å²) in [5, 5.41) is 7.64. The van der Waals surface area contributed by atoms with E-state index >= 15 is 0 Å². The van der Waals surface area contributed by atoms with E-state index in [0.29, 0.717) is 6.61 Å². The number of hydrogen-bond donors (Lipinski definition) is 1. The van der Waals surface area contributed by atoms with Gasteiger partial charge in [0.15, 0.2) is 0 Å². The highest BCUT2D eigenvalue weighted by Crippen LogP contribution is 2.32. The van der Waals surface area contributed by atoms with Crippen LogP contribution in [0.2, 0.25) is 0 Å². The second-order valence-electron chi connectivity index (χ2n) is 5.69. The second kappa shape index (κ2) is 4.18. The average molecular weight is 234 g/mol. The highest BCUT2D eigenvalue weighted by molar-refractivity contribution is 5.71. The summed E-state index contributed by atoms with van der Waals surface area (Å²) in [6, 6.07) is -0.470. The molecule has 94 valence electrons. The fraction of sp³-hybridized carbons (Fsp3) is 0.909. The van der Waals surface area contributed by atoms with E-state index in [4.69, 9.17) is 10.1 Å². The Kier molecular flexibility index (Phi) is 3.45. The molecule has 5 heteroatoms. The lowest BCUT2D eigenvalue weighted by Crippen LogP contribution is -2.37. The Balaban J connectivity index is 2.50. The standard InChI is InChI=1S/C11H20F2N2O/c1-8-5-11(12,13)6-15(8)9(14)16-7-10(2,3)4/h8,14H,5-7H2,1-4H3. The van der Waals surface area contributed by atoms with Crippen LogP contribution in [0.1, 0.15) is 34.1 Å². The molecule has 1 fully saturated rings. The molecule has 0 radical (unpaired) electrons. The molecule has 0 bridgehead atoms. The summed E-state index contributed by atoms with van der Waals surface area (Å²) >= 11 is 0. The minimum Gasteiger partial charge on any atom is -0.465 e. The molecule has 1 atom stereocenters. The van der Waals surface area contributed by atoms with Crippen molar-refractivity contribution in [3.05, 3.63) is 0 Å². The highest BCUT2D eigenvalue weighted by atomic mass is 19.3. The van der Waals surface area contributed by atoms with Crippen LogP contribution in [0.25, 0.3) is 0 Å². The van der Waals surface area contributed by atoms with Gasteiger partial charge in [-0.05, 0) is 12.3 Å². The topological polar surface area (TPSA) is 36.3 Å². The quantitative estimate of drug-likeness (QED) is 0.559. The van der Waals surface area contributed by atoms with Crippen molar-refractivity contribution in [3.8, 4) is 0 Å². The molecule has 1 saturated heterocycles. The van der Waals surface area contributed by atoms with Crippen molar-refractivity contribution < 1.29 is 13.5 Å². The van der Waals surface area contributed by atoms with Crippen LogP contribution in [0.4, 0.5) is 8.78 Å². The van der Waals surface area contributed by atoms with Crippen LogP contribution in [0.5, 0.6) is 0 Å². The molecule has 1 rings (SSSR count). The second-order valence-corrected chi connectivity index (χ2v) is 5.69. The predicted molar refractivity (Wildman–Crippen MR) is 58.9 cm³/mol. The van der Waals surface area contributed by atoms with Gasteiger partial charge in [0.05, 0.1) is 13.2 Å². The summed E-state index contributed by atoms with van der Waals surface area (Å²) in [5.74, 6) is -2.70. The first-order valence-electron chi connectivity index (χ1n) is 5.47. The van der Waals surface area contributed by atoms with Crippen LogP contribution in [0.15, 0.2) is 0 Å². The molecular weight excluding hydrogens is 214 g/mol. The summed E-state index contributed by atoms with van der Waals surface area (Å²) in [5.41, 5.74) is -0.0716. The van der Waals surface area contributed by atoms with Crippen LogP contribution >= 0.6 is 0 Å². The van der Waals surface area contributed by atoms with Gasteiger partial charge in [0.25, 0.3) is 11.9 Å². The Hall–Kier alpha value is -0.870. The molecule has 0 aromatic carbocycles. The van der Waals surface area contributed by atoms with Crippen molar-refractivity contribution in [2.24, 2.45) is 5.41 Å². The Labute approximate surface area is 95.3 Å². The molecule has 0 spiro atoms. The maximum absolute atomic E-state index is 13.1. The number of nitrogens with zero attached hydrogens (tertiary/aromatic N) is 1. The third kappa shape index (κ3) is 3.61. The molecule has 1 aliphatic heterocycles. The summed E-state index contributed by atoms with van der Waals surface area (Å²) in [4.78, 5) is 1.33. The largest absolute Gasteiger partial charge is 0.465 e. The number of halogens is 2. The summed E-state index contributed by atoms with van der Waals surface area (Å²) in [6.07, 6.45) is -0.200. The van der Waals surface area contributed by atoms with E-state index in [0.717, 1.165) is 0 Å². The first kappa shape index (κ1) is 13.2. The van der Waals surface area contributed by atoms with Gasteiger partial charge in [-0.25, -0.2) is 8.78 Å². The number of hydrogen-bond acceptors (Lipinski definition) is 2. The van der Waals surface area contributed by atoms with Crippen molar-refractivity contribution >= 4 is 6.02 Å². The SMILES string of the molecule is CC1CC(F)(F)CN1C(=N)OCC(C)(C)C. The Morgan fingerprint density at radius 3 is 2.44 bits per heavy atom. The minimum absolute atomic E-state index is 0.0716.